The molecule has 3 aromatic rings. The third-order valence-electron chi connectivity index (χ3n) is 6.26. The molecule has 2 aliphatic rings. The number of methoxy groups -OCH3 is 1. The summed E-state index contributed by atoms with van der Waals surface area (Å²) in [5, 5.41) is 8.78. The Hall–Kier alpha value is -3.48. The predicted molar refractivity (Wildman–Crippen MR) is 112 cm³/mol. The van der Waals surface area contributed by atoms with Crippen molar-refractivity contribution in [2.75, 3.05) is 20.2 Å². The van der Waals surface area contributed by atoms with E-state index in [4.69, 9.17) is 4.74 Å². The second kappa shape index (κ2) is 7.09. The van der Waals surface area contributed by atoms with Crippen LogP contribution in [0, 0.1) is 0 Å². The molecule has 5 rings (SSSR count). The first-order valence-corrected chi connectivity index (χ1v) is 10.1. The Morgan fingerprint density at radius 2 is 1.73 bits per heavy atom. The molecule has 1 saturated heterocycles. The van der Waals surface area contributed by atoms with E-state index in [0.717, 1.165) is 24.2 Å². The van der Waals surface area contributed by atoms with Crippen LogP contribution in [0.4, 0.5) is 0 Å². The Balaban J connectivity index is 1.44. The molecule has 2 aliphatic heterocycles. The van der Waals surface area contributed by atoms with Crippen molar-refractivity contribution in [3.05, 3.63) is 76.3 Å². The first-order chi connectivity index (χ1) is 14.6. The van der Waals surface area contributed by atoms with Gasteiger partial charge in [0.1, 0.15) is 11.6 Å². The summed E-state index contributed by atoms with van der Waals surface area (Å²) in [6.07, 6.45) is 1.59. The van der Waals surface area contributed by atoms with E-state index in [1.54, 1.807) is 23.8 Å². The summed E-state index contributed by atoms with van der Waals surface area (Å²) in [7, 11) is 1.60. The van der Waals surface area contributed by atoms with Crippen LogP contribution in [0.25, 0.3) is 11.3 Å². The van der Waals surface area contributed by atoms with E-state index in [1.165, 1.54) is 0 Å². The highest BCUT2D eigenvalue weighted by molar-refractivity contribution is 5.94. The van der Waals surface area contributed by atoms with Gasteiger partial charge in [0.15, 0.2) is 5.69 Å². The Morgan fingerprint density at radius 3 is 2.47 bits per heavy atom. The fourth-order valence-electron chi connectivity index (χ4n) is 4.58. The van der Waals surface area contributed by atoms with Gasteiger partial charge in [0.25, 0.3) is 11.5 Å². The predicted octanol–water partition coefficient (Wildman–Crippen LogP) is 2.50. The monoisotopic (exact) mass is 402 g/mol. The van der Waals surface area contributed by atoms with Crippen molar-refractivity contribution < 1.29 is 9.53 Å². The molecule has 0 radical (unpaired) electrons. The minimum atomic E-state index is -0.297. The van der Waals surface area contributed by atoms with Crippen LogP contribution in [0.3, 0.4) is 0 Å². The van der Waals surface area contributed by atoms with E-state index in [2.05, 4.69) is 10.2 Å². The van der Waals surface area contributed by atoms with Crippen LogP contribution >= 0.6 is 0 Å². The lowest BCUT2D eigenvalue weighted by atomic mass is 9.85. The average Bonchev–Trinajstić information content (AvgIpc) is 3.39. The summed E-state index contributed by atoms with van der Waals surface area (Å²) in [6, 6.07) is 16.6. The number of carbonyl (C=O) groups is 1. The molecular formula is C23H22N4O3. The number of aromatic nitrogens is 3. The molecule has 1 atom stereocenters. The summed E-state index contributed by atoms with van der Waals surface area (Å²) < 4.78 is 6.92. The lowest BCUT2D eigenvalue weighted by Crippen LogP contribution is -2.35. The van der Waals surface area contributed by atoms with Crippen LogP contribution in [0.5, 0.6) is 5.75 Å². The Kier molecular flexibility index (Phi) is 4.38. The number of carbonyl (C=O) groups excluding carboxylic acids is 1. The number of amides is 1. The lowest BCUT2D eigenvalue weighted by Gasteiger charge is -2.23. The topological polar surface area (TPSA) is 77.3 Å². The smallest absolute Gasteiger partial charge is 0.280 e. The normalized spacial score (nSPS) is 19.8. The number of hydrogen-bond donors (Lipinski definition) is 0. The molecule has 1 amide bonds. The molecule has 1 fully saturated rings. The van der Waals surface area contributed by atoms with Gasteiger partial charge in [0.2, 0.25) is 0 Å². The van der Waals surface area contributed by atoms with Crippen LogP contribution in [0.15, 0.2) is 59.4 Å². The summed E-state index contributed by atoms with van der Waals surface area (Å²) in [5.74, 6) is 1.45. The third-order valence-corrected chi connectivity index (χ3v) is 6.26. The average molecular weight is 402 g/mol. The van der Waals surface area contributed by atoms with E-state index in [9.17, 15) is 9.59 Å². The van der Waals surface area contributed by atoms with E-state index in [1.807, 2.05) is 47.4 Å². The standard InChI is InChI=1S/C23H22N4O3/c1-30-18-9-7-16(8-10-18)19-21(29)27-14-12-23(22(27)25-24-19)11-13-26(15-23)20(28)17-5-3-2-4-6-17/h2-10H,11-15H2,1H3/t23-/m0/s1. The number of rotatable bonds is 3. The maximum Gasteiger partial charge on any atom is 0.280 e. The number of hydrogen-bond acceptors (Lipinski definition) is 5. The van der Waals surface area contributed by atoms with Gasteiger partial charge in [-0.25, -0.2) is 0 Å². The maximum atomic E-state index is 13.1. The van der Waals surface area contributed by atoms with Gasteiger partial charge in [-0.1, -0.05) is 18.2 Å². The van der Waals surface area contributed by atoms with Crippen molar-refractivity contribution >= 4 is 5.91 Å². The molecule has 0 N–H and O–H groups in total. The van der Waals surface area contributed by atoms with Crippen molar-refractivity contribution in [3.8, 4) is 17.0 Å². The van der Waals surface area contributed by atoms with Crippen molar-refractivity contribution in [3.63, 3.8) is 0 Å². The van der Waals surface area contributed by atoms with Crippen LogP contribution in [-0.4, -0.2) is 45.8 Å². The highest BCUT2D eigenvalue weighted by Gasteiger charge is 2.48. The molecule has 2 aromatic carbocycles. The van der Waals surface area contributed by atoms with E-state index >= 15 is 0 Å². The molecule has 7 nitrogen and oxygen atoms in total. The molecule has 3 heterocycles. The molecule has 0 bridgehead atoms. The third kappa shape index (κ3) is 2.89. The molecule has 1 spiro atoms. The first kappa shape index (κ1) is 18.5. The van der Waals surface area contributed by atoms with Gasteiger partial charge in [-0.3, -0.25) is 14.2 Å². The fourth-order valence-corrected chi connectivity index (χ4v) is 4.58. The maximum absolute atomic E-state index is 13.1. The molecule has 0 unspecified atom stereocenters. The van der Waals surface area contributed by atoms with E-state index in [-0.39, 0.29) is 16.9 Å². The zero-order valence-electron chi connectivity index (χ0n) is 16.7. The van der Waals surface area contributed by atoms with Gasteiger partial charge in [0.05, 0.1) is 12.5 Å². The van der Waals surface area contributed by atoms with Gasteiger partial charge in [-0.2, -0.15) is 0 Å². The molecular weight excluding hydrogens is 380 g/mol. The quantitative estimate of drug-likeness (QED) is 0.673. The molecule has 30 heavy (non-hydrogen) atoms. The molecule has 0 aliphatic carbocycles. The van der Waals surface area contributed by atoms with E-state index in [0.29, 0.717) is 36.7 Å². The van der Waals surface area contributed by atoms with Crippen LogP contribution in [0.2, 0.25) is 0 Å². The van der Waals surface area contributed by atoms with Crippen molar-refractivity contribution in [1.29, 1.82) is 0 Å². The molecule has 0 saturated carbocycles. The summed E-state index contributed by atoms with van der Waals surface area (Å²) in [5.41, 5.74) is 1.32. The number of likely N-dealkylation sites (tertiary alicyclic amines) is 1. The van der Waals surface area contributed by atoms with Gasteiger partial charge < -0.3 is 9.64 Å². The second-order valence-corrected chi connectivity index (χ2v) is 7.93. The van der Waals surface area contributed by atoms with Crippen molar-refractivity contribution in [2.24, 2.45) is 0 Å². The summed E-state index contributed by atoms with van der Waals surface area (Å²) >= 11 is 0. The SMILES string of the molecule is COc1ccc(-c2nnc3n(c2=O)CC[C@]32CCN(C(=O)c3ccccc3)C2)cc1. The zero-order valence-corrected chi connectivity index (χ0v) is 16.7. The summed E-state index contributed by atoms with van der Waals surface area (Å²) in [6.45, 7) is 1.82. The van der Waals surface area contributed by atoms with Gasteiger partial charge in [0, 0.05) is 30.8 Å². The Bertz CT molecular complexity index is 1160. The number of nitrogens with zero attached hydrogens (tertiary/aromatic N) is 4. The van der Waals surface area contributed by atoms with Crippen LogP contribution in [-0.2, 0) is 12.0 Å². The van der Waals surface area contributed by atoms with Crippen LogP contribution < -0.4 is 10.3 Å². The minimum absolute atomic E-state index is 0.0242. The van der Waals surface area contributed by atoms with Gasteiger partial charge >= 0.3 is 0 Å². The van der Waals surface area contributed by atoms with Crippen molar-refractivity contribution in [1.82, 2.24) is 19.7 Å². The lowest BCUT2D eigenvalue weighted by molar-refractivity contribution is 0.0783. The molecule has 7 heteroatoms. The molecule has 152 valence electrons. The minimum Gasteiger partial charge on any atom is -0.497 e. The summed E-state index contributed by atoms with van der Waals surface area (Å²) in [4.78, 5) is 27.9. The number of benzene rings is 2. The largest absolute Gasteiger partial charge is 0.497 e. The Labute approximate surface area is 173 Å². The van der Waals surface area contributed by atoms with Crippen molar-refractivity contribution in [2.45, 2.75) is 24.8 Å². The van der Waals surface area contributed by atoms with Gasteiger partial charge in [-0.05, 0) is 49.2 Å². The van der Waals surface area contributed by atoms with Crippen LogP contribution in [0.1, 0.15) is 29.0 Å². The highest BCUT2D eigenvalue weighted by atomic mass is 16.5. The number of ether oxygens (including phenoxy) is 1. The highest BCUT2D eigenvalue weighted by Crippen LogP contribution is 2.41. The first-order valence-electron chi connectivity index (χ1n) is 10.1. The fraction of sp³-hybridized carbons (Fsp3) is 0.304. The Morgan fingerprint density at radius 1 is 1.00 bits per heavy atom. The second-order valence-electron chi connectivity index (χ2n) is 7.93. The van der Waals surface area contributed by atoms with E-state index < -0.39 is 0 Å². The molecule has 1 aromatic heterocycles. The van der Waals surface area contributed by atoms with Gasteiger partial charge in [-0.15, -0.1) is 10.2 Å². The zero-order chi connectivity index (χ0) is 20.7. The number of fused-ring (bicyclic) bond motifs is 2.